The van der Waals surface area contributed by atoms with Gasteiger partial charge >= 0.3 is 5.97 Å². The van der Waals surface area contributed by atoms with E-state index in [0.717, 1.165) is 0 Å². The van der Waals surface area contributed by atoms with Crippen LogP contribution in [0.3, 0.4) is 0 Å². The van der Waals surface area contributed by atoms with Crippen molar-refractivity contribution in [1.82, 2.24) is 10.1 Å². The molecule has 10 heteroatoms. The van der Waals surface area contributed by atoms with Crippen molar-refractivity contribution >= 4 is 11.7 Å². The van der Waals surface area contributed by atoms with Crippen LogP contribution in [0.15, 0.2) is 69.6 Å². The molecule has 2 aromatic heterocycles. The number of esters is 1. The highest BCUT2D eigenvalue weighted by Gasteiger charge is 2.18. The lowest BCUT2D eigenvalue weighted by atomic mass is 10.1. The summed E-state index contributed by atoms with van der Waals surface area (Å²) in [4.78, 5) is 26.7. The molecular weight excluding hydrogens is 406 g/mol. The number of para-hydroxylation sites is 1. The minimum absolute atomic E-state index is 0.0298. The molecule has 31 heavy (non-hydrogen) atoms. The van der Waals surface area contributed by atoms with Crippen molar-refractivity contribution in [3.8, 4) is 28.5 Å². The number of non-ortho nitro benzene ring substituents is 1. The van der Waals surface area contributed by atoms with Crippen molar-refractivity contribution in [2.24, 2.45) is 0 Å². The molecule has 0 aliphatic carbocycles. The van der Waals surface area contributed by atoms with Crippen molar-refractivity contribution in [2.45, 2.75) is 6.61 Å². The van der Waals surface area contributed by atoms with Crippen molar-refractivity contribution in [3.05, 3.63) is 82.4 Å². The summed E-state index contributed by atoms with van der Waals surface area (Å²) >= 11 is 0. The number of ether oxygens (including phenoxy) is 2. The molecule has 0 unspecified atom stereocenters. The Kier molecular flexibility index (Phi) is 5.43. The van der Waals surface area contributed by atoms with Gasteiger partial charge in [0.25, 0.3) is 11.6 Å². The van der Waals surface area contributed by atoms with Gasteiger partial charge in [0.2, 0.25) is 11.6 Å². The van der Waals surface area contributed by atoms with E-state index in [4.69, 9.17) is 18.4 Å². The summed E-state index contributed by atoms with van der Waals surface area (Å²) in [6.45, 7) is -0.242. The van der Waals surface area contributed by atoms with E-state index in [9.17, 15) is 14.9 Å². The standard InChI is InChI=1S/C21H15N3O7/c1-28-17-5-3-2-4-15(17)20-22-19(31-23-20)12-29-21(25)18-11-10-16(30-18)13-6-8-14(9-7-13)24(26)27/h2-11H,12H2,1H3. The van der Waals surface area contributed by atoms with Crippen LogP contribution in [0.5, 0.6) is 5.75 Å². The number of nitro groups is 1. The van der Waals surface area contributed by atoms with Gasteiger partial charge in [-0.2, -0.15) is 4.98 Å². The molecule has 0 aliphatic rings. The molecule has 0 bridgehead atoms. The summed E-state index contributed by atoms with van der Waals surface area (Å²) in [5.41, 5.74) is 1.19. The smallest absolute Gasteiger partial charge is 0.374 e. The molecule has 0 atom stereocenters. The summed E-state index contributed by atoms with van der Waals surface area (Å²) < 4.78 is 21.1. The Morgan fingerprint density at radius 2 is 1.87 bits per heavy atom. The summed E-state index contributed by atoms with van der Waals surface area (Å²) in [5, 5.41) is 14.6. The van der Waals surface area contributed by atoms with Crippen LogP contribution in [0.2, 0.25) is 0 Å². The van der Waals surface area contributed by atoms with Crippen molar-refractivity contribution in [2.75, 3.05) is 7.11 Å². The number of carbonyl (C=O) groups is 1. The molecule has 10 nitrogen and oxygen atoms in total. The molecule has 0 radical (unpaired) electrons. The Morgan fingerprint density at radius 3 is 2.61 bits per heavy atom. The second-order valence-electron chi connectivity index (χ2n) is 6.26. The first-order chi connectivity index (χ1) is 15.0. The van der Waals surface area contributed by atoms with Crippen molar-refractivity contribution < 1.29 is 28.1 Å². The number of methoxy groups -OCH3 is 1. The topological polar surface area (TPSA) is 131 Å². The van der Waals surface area contributed by atoms with Gasteiger partial charge in [-0.3, -0.25) is 10.1 Å². The number of benzene rings is 2. The molecule has 0 aliphatic heterocycles. The van der Waals surface area contributed by atoms with Crippen LogP contribution >= 0.6 is 0 Å². The first-order valence-electron chi connectivity index (χ1n) is 9.03. The minimum Gasteiger partial charge on any atom is -0.496 e. The van der Waals surface area contributed by atoms with E-state index in [0.29, 0.717) is 28.5 Å². The van der Waals surface area contributed by atoms with E-state index in [-0.39, 0.29) is 23.9 Å². The maximum absolute atomic E-state index is 12.3. The normalized spacial score (nSPS) is 10.6. The zero-order chi connectivity index (χ0) is 21.8. The number of nitrogens with zero attached hydrogens (tertiary/aromatic N) is 3. The van der Waals surface area contributed by atoms with E-state index in [1.165, 1.54) is 37.4 Å². The molecule has 0 saturated carbocycles. The third-order valence-electron chi connectivity index (χ3n) is 4.31. The summed E-state index contributed by atoms with van der Waals surface area (Å²) in [6.07, 6.45) is 0. The van der Waals surface area contributed by atoms with Gasteiger partial charge in [-0.05, 0) is 36.4 Å². The largest absolute Gasteiger partial charge is 0.496 e. The Hall–Kier alpha value is -4.47. The highest BCUT2D eigenvalue weighted by atomic mass is 16.6. The molecule has 0 saturated heterocycles. The third kappa shape index (κ3) is 4.27. The van der Waals surface area contributed by atoms with Gasteiger partial charge in [0.05, 0.1) is 17.6 Å². The van der Waals surface area contributed by atoms with Crippen LogP contribution in [0, 0.1) is 10.1 Å². The predicted octanol–water partition coefficient (Wildman–Crippen LogP) is 4.27. The Labute approximate surface area is 175 Å². The van der Waals surface area contributed by atoms with Crippen LogP contribution in [0.25, 0.3) is 22.7 Å². The predicted molar refractivity (Wildman–Crippen MR) is 106 cm³/mol. The van der Waals surface area contributed by atoms with Crippen LogP contribution in [-0.2, 0) is 11.3 Å². The maximum Gasteiger partial charge on any atom is 0.374 e. The number of hydrogen-bond acceptors (Lipinski definition) is 9. The number of nitro benzene ring substituents is 1. The fourth-order valence-electron chi connectivity index (χ4n) is 2.80. The van der Waals surface area contributed by atoms with Gasteiger partial charge in [0.1, 0.15) is 11.5 Å². The molecule has 0 fully saturated rings. The second kappa shape index (κ2) is 8.49. The molecule has 0 spiro atoms. The second-order valence-corrected chi connectivity index (χ2v) is 6.26. The highest BCUT2D eigenvalue weighted by Crippen LogP contribution is 2.27. The molecule has 0 amide bonds. The summed E-state index contributed by atoms with van der Waals surface area (Å²) in [6, 6.07) is 16.0. The summed E-state index contributed by atoms with van der Waals surface area (Å²) in [7, 11) is 1.54. The molecule has 4 aromatic rings. The quantitative estimate of drug-likeness (QED) is 0.244. The van der Waals surface area contributed by atoms with Gasteiger partial charge < -0.3 is 18.4 Å². The first-order valence-corrected chi connectivity index (χ1v) is 9.03. The number of hydrogen-bond donors (Lipinski definition) is 0. The van der Waals surface area contributed by atoms with Gasteiger partial charge in [0.15, 0.2) is 6.61 Å². The fraction of sp³-hybridized carbons (Fsp3) is 0.0952. The van der Waals surface area contributed by atoms with Crippen LogP contribution in [-0.4, -0.2) is 28.1 Å². The number of aromatic nitrogens is 2. The van der Waals surface area contributed by atoms with Crippen LogP contribution in [0.4, 0.5) is 5.69 Å². The molecule has 0 N–H and O–H groups in total. The third-order valence-corrected chi connectivity index (χ3v) is 4.31. The van der Waals surface area contributed by atoms with E-state index < -0.39 is 10.9 Å². The Bertz CT molecular complexity index is 1230. The van der Waals surface area contributed by atoms with Gasteiger partial charge in [-0.1, -0.05) is 17.3 Å². The van der Waals surface area contributed by atoms with Gasteiger partial charge in [-0.25, -0.2) is 4.79 Å². The average Bonchev–Trinajstić information content (AvgIpc) is 3.47. The van der Waals surface area contributed by atoms with Crippen LogP contribution < -0.4 is 4.74 Å². The Morgan fingerprint density at radius 1 is 1.10 bits per heavy atom. The van der Waals surface area contributed by atoms with E-state index in [1.54, 1.807) is 18.2 Å². The first kappa shape index (κ1) is 19.8. The fourth-order valence-corrected chi connectivity index (χ4v) is 2.80. The van der Waals surface area contributed by atoms with Crippen LogP contribution in [0.1, 0.15) is 16.4 Å². The zero-order valence-electron chi connectivity index (χ0n) is 16.2. The lowest BCUT2D eigenvalue weighted by Crippen LogP contribution is -2.04. The Balaban J connectivity index is 1.41. The molecule has 4 rings (SSSR count). The highest BCUT2D eigenvalue weighted by molar-refractivity contribution is 5.87. The molecule has 2 heterocycles. The lowest BCUT2D eigenvalue weighted by Gasteiger charge is -2.03. The molecule has 2 aromatic carbocycles. The van der Waals surface area contributed by atoms with Gasteiger partial charge in [0, 0.05) is 17.7 Å². The number of furan rings is 1. The monoisotopic (exact) mass is 421 g/mol. The molecular formula is C21H15N3O7. The van der Waals surface area contributed by atoms with E-state index in [2.05, 4.69) is 10.1 Å². The zero-order valence-corrected chi connectivity index (χ0v) is 16.2. The molecule has 156 valence electrons. The van der Waals surface area contributed by atoms with Crippen molar-refractivity contribution in [3.63, 3.8) is 0 Å². The summed E-state index contributed by atoms with van der Waals surface area (Å²) in [5.74, 6) is 0.626. The lowest BCUT2D eigenvalue weighted by molar-refractivity contribution is -0.384. The van der Waals surface area contributed by atoms with E-state index in [1.807, 2.05) is 12.1 Å². The number of rotatable bonds is 7. The SMILES string of the molecule is COc1ccccc1-c1noc(COC(=O)c2ccc(-c3ccc([N+](=O)[O-])cc3)o2)n1. The van der Waals surface area contributed by atoms with Crippen molar-refractivity contribution in [1.29, 1.82) is 0 Å². The van der Waals surface area contributed by atoms with E-state index >= 15 is 0 Å². The average molecular weight is 421 g/mol. The van der Waals surface area contributed by atoms with Gasteiger partial charge in [-0.15, -0.1) is 0 Å². The minimum atomic E-state index is -0.717. The number of carbonyl (C=O) groups excluding carboxylic acids is 1. The maximum atomic E-state index is 12.3.